The molecule has 3 aromatic rings. The molecule has 1 aromatic carbocycles. The van der Waals surface area contributed by atoms with Gasteiger partial charge in [-0.3, -0.25) is 0 Å². The Morgan fingerprint density at radius 1 is 1.19 bits per heavy atom. The number of nitrogens with one attached hydrogen (secondary N) is 1. The van der Waals surface area contributed by atoms with E-state index in [2.05, 4.69) is 31.3 Å². The molecule has 0 aliphatic rings. The molecule has 0 fully saturated rings. The molecule has 6 heteroatoms. The number of hydrogen-bond acceptors (Lipinski definition) is 3. The van der Waals surface area contributed by atoms with E-state index in [1.807, 2.05) is 42.6 Å². The number of halogens is 2. The molecular formula is C15H12BrClN4. The van der Waals surface area contributed by atoms with Gasteiger partial charge in [-0.05, 0) is 42.0 Å². The first kappa shape index (κ1) is 14.1. The molecule has 106 valence electrons. The van der Waals surface area contributed by atoms with Gasteiger partial charge in [-0.2, -0.15) is 5.10 Å². The smallest absolute Gasteiger partial charge is 0.176 e. The number of benzene rings is 1. The molecule has 0 aliphatic carbocycles. The van der Waals surface area contributed by atoms with E-state index in [-0.39, 0.29) is 0 Å². The fourth-order valence-corrected chi connectivity index (χ4v) is 2.57. The summed E-state index contributed by atoms with van der Waals surface area (Å²) >= 11 is 9.66. The Labute approximate surface area is 135 Å². The van der Waals surface area contributed by atoms with Gasteiger partial charge < -0.3 is 5.32 Å². The van der Waals surface area contributed by atoms with Crippen LogP contribution in [0, 0.1) is 0 Å². The molecule has 2 aromatic heterocycles. The van der Waals surface area contributed by atoms with Crippen LogP contribution in [0.5, 0.6) is 0 Å². The van der Waals surface area contributed by atoms with Crippen molar-refractivity contribution in [3.8, 4) is 5.82 Å². The first-order valence-corrected chi connectivity index (χ1v) is 7.54. The summed E-state index contributed by atoms with van der Waals surface area (Å²) in [4.78, 5) is 4.37. The predicted octanol–water partition coefficient (Wildman–Crippen LogP) is 4.30. The Kier molecular flexibility index (Phi) is 4.22. The van der Waals surface area contributed by atoms with E-state index in [0.29, 0.717) is 6.54 Å². The van der Waals surface area contributed by atoms with Crippen molar-refractivity contribution >= 4 is 33.2 Å². The molecule has 0 bridgehead atoms. The molecule has 0 saturated heterocycles. The number of hydrogen-bond donors (Lipinski definition) is 1. The SMILES string of the molecule is Clc1ccc(Br)cc1CNc1cccnc1-n1cccn1. The van der Waals surface area contributed by atoms with Gasteiger partial charge in [0.05, 0.1) is 5.69 Å². The van der Waals surface area contributed by atoms with Crippen LogP contribution in [0.25, 0.3) is 5.82 Å². The largest absolute Gasteiger partial charge is 0.378 e. The average molecular weight is 364 g/mol. The summed E-state index contributed by atoms with van der Waals surface area (Å²) < 4.78 is 2.73. The summed E-state index contributed by atoms with van der Waals surface area (Å²) in [5.74, 6) is 0.758. The molecule has 0 spiro atoms. The topological polar surface area (TPSA) is 42.7 Å². The highest BCUT2D eigenvalue weighted by Gasteiger charge is 2.07. The monoisotopic (exact) mass is 362 g/mol. The maximum atomic E-state index is 6.21. The number of nitrogens with zero attached hydrogens (tertiary/aromatic N) is 3. The second kappa shape index (κ2) is 6.28. The second-order valence-corrected chi connectivity index (χ2v) is 5.74. The van der Waals surface area contributed by atoms with Gasteiger partial charge in [-0.15, -0.1) is 0 Å². The lowest BCUT2D eigenvalue weighted by Crippen LogP contribution is -2.06. The summed E-state index contributed by atoms with van der Waals surface area (Å²) in [6.07, 6.45) is 5.33. The standard InChI is InChI=1S/C15H12BrClN4/c16-12-4-5-13(17)11(9-12)10-19-14-3-1-6-18-15(14)21-8-2-7-20-21/h1-9,19H,10H2. The van der Waals surface area contributed by atoms with E-state index in [1.54, 1.807) is 17.1 Å². The molecule has 0 radical (unpaired) electrons. The summed E-state index contributed by atoms with van der Waals surface area (Å²) in [5.41, 5.74) is 1.92. The number of pyridine rings is 1. The van der Waals surface area contributed by atoms with Crippen molar-refractivity contribution < 1.29 is 0 Å². The van der Waals surface area contributed by atoms with Crippen LogP contribution in [0.4, 0.5) is 5.69 Å². The molecule has 2 heterocycles. The van der Waals surface area contributed by atoms with Crippen molar-refractivity contribution in [2.75, 3.05) is 5.32 Å². The van der Waals surface area contributed by atoms with Gasteiger partial charge in [0.2, 0.25) is 0 Å². The van der Waals surface area contributed by atoms with Crippen LogP contribution in [-0.2, 0) is 6.54 Å². The molecule has 0 aliphatic heterocycles. The van der Waals surface area contributed by atoms with E-state index in [1.165, 1.54) is 0 Å². The number of rotatable bonds is 4. The number of anilines is 1. The van der Waals surface area contributed by atoms with Crippen LogP contribution in [-0.4, -0.2) is 14.8 Å². The van der Waals surface area contributed by atoms with E-state index < -0.39 is 0 Å². The Bertz CT molecular complexity index is 743. The Morgan fingerprint density at radius 3 is 2.90 bits per heavy atom. The maximum Gasteiger partial charge on any atom is 0.176 e. The molecular weight excluding hydrogens is 352 g/mol. The predicted molar refractivity (Wildman–Crippen MR) is 87.8 cm³/mol. The minimum Gasteiger partial charge on any atom is -0.378 e. The van der Waals surface area contributed by atoms with Crippen LogP contribution in [0.1, 0.15) is 5.56 Å². The quantitative estimate of drug-likeness (QED) is 0.751. The molecule has 3 rings (SSSR count). The third-order valence-electron chi connectivity index (χ3n) is 2.99. The first-order valence-electron chi connectivity index (χ1n) is 6.37. The van der Waals surface area contributed by atoms with Crippen LogP contribution < -0.4 is 5.32 Å². The second-order valence-electron chi connectivity index (χ2n) is 4.41. The van der Waals surface area contributed by atoms with Crippen LogP contribution in [0.3, 0.4) is 0 Å². The van der Waals surface area contributed by atoms with E-state index >= 15 is 0 Å². The summed E-state index contributed by atoms with van der Waals surface area (Å²) in [5, 5.41) is 8.30. The zero-order chi connectivity index (χ0) is 14.7. The molecule has 4 nitrogen and oxygen atoms in total. The zero-order valence-corrected chi connectivity index (χ0v) is 13.3. The van der Waals surface area contributed by atoms with Crippen LogP contribution in [0.2, 0.25) is 5.02 Å². The normalized spacial score (nSPS) is 10.6. The van der Waals surface area contributed by atoms with Crippen LogP contribution in [0.15, 0.2) is 59.5 Å². The van der Waals surface area contributed by atoms with Gasteiger partial charge in [0.15, 0.2) is 5.82 Å². The van der Waals surface area contributed by atoms with Crippen molar-refractivity contribution in [1.82, 2.24) is 14.8 Å². The van der Waals surface area contributed by atoms with Crippen molar-refractivity contribution in [2.45, 2.75) is 6.54 Å². The zero-order valence-electron chi connectivity index (χ0n) is 11.0. The van der Waals surface area contributed by atoms with E-state index in [4.69, 9.17) is 11.6 Å². The van der Waals surface area contributed by atoms with Gasteiger partial charge in [0.25, 0.3) is 0 Å². The Hall–Kier alpha value is -1.85. The minimum absolute atomic E-state index is 0.609. The van der Waals surface area contributed by atoms with Gasteiger partial charge in [-0.25, -0.2) is 9.67 Å². The molecule has 0 unspecified atom stereocenters. The van der Waals surface area contributed by atoms with Crippen molar-refractivity contribution in [3.05, 3.63) is 70.0 Å². The highest BCUT2D eigenvalue weighted by Crippen LogP contribution is 2.23. The first-order chi connectivity index (χ1) is 10.2. The lowest BCUT2D eigenvalue weighted by Gasteiger charge is -2.12. The highest BCUT2D eigenvalue weighted by molar-refractivity contribution is 9.10. The highest BCUT2D eigenvalue weighted by atomic mass is 79.9. The van der Waals surface area contributed by atoms with Gasteiger partial charge in [0, 0.05) is 34.6 Å². The third kappa shape index (κ3) is 3.25. The fraction of sp³-hybridized carbons (Fsp3) is 0.0667. The molecule has 0 amide bonds. The summed E-state index contributed by atoms with van der Waals surface area (Å²) in [6, 6.07) is 11.5. The lowest BCUT2D eigenvalue weighted by molar-refractivity contribution is 0.846. The van der Waals surface area contributed by atoms with Crippen molar-refractivity contribution in [1.29, 1.82) is 0 Å². The Balaban J connectivity index is 1.84. The minimum atomic E-state index is 0.609. The number of aromatic nitrogens is 3. The molecule has 0 atom stereocenters. The maximum absolute atomic E-state index is 6.21. The van der Waals surface area contributed by atoms with Crippen molar-refractivity contribution in [2.24, 2.45) is 0 Å². The fourth-order valence-electron chi connectivity index (χ4n) is 1.98. The van der Waals surface area contributed by atoms with E-state index in [0.717, 1.165) is 26.6 Å². The average Bonchev–Trinajstić information content (AvgIpc) is 3.03. The molecule has 0 saturated carbocycles. The van der Waals surface area contributed by atoms with Gasteiger partial charge >= 0.3 is 0 Å². The third-order valence-corrected chi connectivity index (χ3v) is 3.85. The Morgan fingerprint density at radius 2 is 2.10 bits per heavy atom. The van der Waals surface area contributed by atoms with E-state index in [9.17, 15) is 0 Å². The molecule has 21 heavy (non-hydrogen) atoms. The van der Waals surface area contributed by atoms with Gasteiger partial charge in [0.1, 0.15) is 0 Å². The molecule has 1 N–H and O–H groups in total. The van der Waals surface area contributed by atoms with Gasteiger partial charge in [-0.1, -0.05) is 27.5 Å². The van der Waals surface area contributed by atoms with Crippen molar-refractivity contribution in [3.63, 3.8) is 0 Å². The summed E-state index contributed by atoms with van der Waals surface area (Å²) in [6.45, 7) is 0.609. The van der Waals surface area contributed by atoms with Crippen LogP contribution >= 0.6 is 27.5 Å². The summed E-state index contributed by atoms with van der Waals surface area (Å²) in [7, 11) is 0. The lowest BCUT2D eigenvalue weighted by atomic mass is 10.2.